The summed E-state index contributed by atoms with van der Waals surface area (Å²) in [6, 6.07) is -0.703. The lowest BCUT2D eigenvalue weighted by atomic mass is 10.0. The number of ether oxygens (including phenoxy) is 1. The van der Waals surface area contributed by atoms with Crippen molar-refractivity contribution in [2.75, 3.05) is 6.61 Å². The highest BCUT2D eigenvalue weighted by atomic mass is 19.1. The Bertz CT molecular complexity index is 538. The van der Waals surface area contributed by atoms with Crippen LogP contribution in [0.25, 0.3) is 0 Å². The van der Waals surface area contributed by atoms with E-state index in [2.05, 4.69) is 4.74 Å². The summed E-state index contributed by atoms with van der Waals surface area (Å²) in [5.74, 6) is -3.38. The van der Waals surface area contributed by atoms with Gasteiger partial charge in [-0.3, -0.25) is 10.1 Å². The number of rotatable bonds is 5. The average molecular weight is 290 g/mol. The summed E-state index contributed by atoms with van der Waals surface area (Å²) in [6.45, 7) is 1.35. The number of phenolic OH excluding ortho intramolecular Hbond substituents is 1. The summed E-state index contributed by atoms with van der Waals surface area (Å²) < 4.78 is 31.3. The summed E-state index contributed by atoms with van der Waals surface area (Å²) in [5.41, 5.74) is 3.83. The van der Waals surface area contributed by atoms with Crippen molar-refractivity contribution in [1.82, 2.24) is 0 Å². The average Bonchev–Trinajstić information content (AvgIpc) is 2.39. The molecule has 20 heavy (non-hydrogen) atoms. The number of nitro benzene ring substituents is 1. The number of hydrogen-bond donors (Lipinski definition) is 2. The molecule has 0 bridgehead atoms. The zero-order valence-corrected chi connectivity index (χ0v) is 10.4. The number of nitrogens with two attached hydrogens (primary N) is 1. The van der Waals surface area contributed by atoms with Crippen LogP contribution in [-0.4, -0.2) is 28.8 Å². The van der Waals surface area contributed by atoms with Gasteiger partial charge in [-0.15, -0.1) is 0 Å². The molecule has 110 valence electrons. The number of nitro groups is 1. The standard InChI is InChI=1S/C11H12F2N2O5/c1-2-20-11(17)8(13)9(14)6-3-5(12)4-7(10(6)16)15(18)19/h3-4,8-9,16H,2,14H2,1H3/t8?,9-/m1/s1. The van der Waals surface area contributed by atoms with Crippen LogP contribution in [0.3, 0.4) is 0 Å². The highest BCUT2D eigenvalue weighted by Gasteiger charge is 2.32. The molecule has 0 radical (unpaired) electrons. The number of halogens is 2. The minimum atomic E-state index is -2.39. The number of hydrogen-bond acceptors (Lipinski definition) is 6. The predicted molar refractivity (Wildman–Crippen MR) is 63.2 cm³/mol. The van der Waals surface area contributed by atoms with E-state index in [4.69, 9.17) is 5.73 Å². The molecule has 2 atom stereocenters. The summed E-state index contributed by atoms with van der Waals surface area (Å²) in [7, 11) is 0. The van der Waals surface area contributed by atoms with E-state index >= 15 is 0 Å². The molecular formula is C11H12F2N2O5. The first kappa shape index (κ1) is 15.8. The molecule has 0 heterocycles. The van der Waals surface area contributed by atoms with E-state index in [0.717, 1.165) is 0 Å². The molecule has 1 aromatic rings. The topological polar surface area (TPSA) is 116 Å². The van der Waals surface area contributed by atoms with Gasteiger partial charge in [0.15, 0.2) is 5.75 Å². The highest BCUT2D eigenvalue weighted by molar-refractivity contribution is 5.76. The molecule has 7 nitrogen and oxygen atoms in total. The van der Waals surface area contributed by atoms with Crippen LogP contribution in [-0.2, 0) is 9.53 Å². The Labute approximate surface area is 112 Å². The van der Waals surface area contributed by atoms with Crippen LogP contribution in [0.1, 0.15) is 18.5 Å². The zero-order chi connectivity index (χ0) is 15.4. The van der Waals surface area contributed by atoms with Gasteiger partial charge in [0.05, 0.1) is 23.6 Å². The molecule has 1 aromatic carbocycles. The van der Waals surface area contributed by atoms with Gasteiger partial charge in [-0.1, -0.05) is 0 Å². The maximum atomic E-state index is 13.7. The van der Waals surface area contributed by atoms with E-state index in [1.165, 1.54) is 6.92 Å². The maximum Gasteiger partial charge on any atom is 0.342 e. The molecule has 1 unspecified atom stereocenters. The lowest BCUT2D eigenvalue weighted by Gasteiger charge is -2.16. The van der Waals surface area contributed by atoms with Crippen molar-refractivity contribution < 1.29 is 28.3 Å². The number of aromatic hydroxyl groups is 1. The molecule has 0 aliphatic rings. The highest BCUT2D eigenvalue weighted by Crippen LogP contribution is 2.35. The minimum Gasteiger partial charge on any atom is -0.502 e. The molecule has 0 aliphatic heterocycles. The first-order chi connectivity index (χ1) is 9.29. The van der Waals surface area contributed by atoms with Crippen LogP contribution in [0.4, 0.5) is 14.5 Å². The zero-order valence-electron chi connectivity index (χ0n) is 10.4. The largest absolute Gasteiger partial charge is 0.502 e. The Hall–Kier alpha value is -2.29. The number of carbonyl (C=O) groups is 1. The molecule has 0 saturated heterocycles. The van der Waals surface area contributed by atoms with Gasteiger partial charge in [-0.05, 0) is 13.0 Å². The Kier molecular flexibility index (Phi) is 4.92. The first-order valence-electron chi connectivity index (χ1n) is 5.52. The number of alkyl halides is 1. The lowest BCUT2D eigenvalue weighted by Crippen LogP contribution is -2.31. The number of nitrogens with zero attached hydrogens (tertiary/aromatic N) is 1. The van der Waals surface area contributed by atoms with Gasteiger partial charge in [-0.2, -0.15) is 0 Å². The van der Waals surface area contributed by atoms with Crippen molar-refractivity contribution >= 4 is 11.7 Å². The third kappa shape index (κ3) is 3.18. The van der Waals surface area contributed by atoms with Crippen molar-refractivity contribution in [1.29, 1.82) is 0 Å². The van der Waals surface area contributed by atoms with Crippen molar-refractivity contribution in [3.63, 3.8) is 0 Å². The van der Waals surface area contributed by atoms with E-state index in [1.54, 1.807) is 0 Å². The molecule has 9 heteroatoms. The van der Waals surface area contributed by atoms with E-state index in [-0.39, 0.29) is 6.61 Å². The Morgan fingerprint density at radius 3 is 2.70 bits per heavy atom. The van der Waals surface area contributed by atoms with Crippen molar-refractivity contribution in [2.45, 2.75) is 19.1 Å². The molecule has 0 aliphatic carbocycles. The van der Waals surface area contributed by atoms with E-state index in [9.17, 15) is 28.8 Å². The number of phenols is 1. The third-order valence-corrected chi connectivity index (χ3v) is 2.47. The van der Waals surface area contributed by atoms with Gasteiger partial charge >= 0.3 is 11.7 Å². The van der Waals surface area contributed by atoms with Crippen LogP contribution in [0.15, 0.2) is 12.1 Å². The molecule has 1 rings (SSSR count). The molecular weight excluding hydrogens is 278 g/mol. The van der Waals surface area contributed by atoms with E-state index in [1.807, 2.05) is 0 Å². The van der Waals surface area contributed by atoms with Crippen LogP contribution >= 0.6 is 0 Å². The molecule has 0 spiro atoms. The fourth-order valence-corrected chi connectivity index (χ4v) is 1.52. The fraction of sp³-hybridized carbons (Fsp3) is 0.364. The summed E-state index contributed by atoms with van der Waals surface area (Å²) >= 11 is 0. The Balaban J connectivity index is 3.19. The second-order valence-corrected chi connectivity index (χ2v) is 3.80. The van der Waals surface area contributed by atoms with Gasteiger partial charge in [0.1, 0.15) is 5.82 Å². The van der Waals surface area contributed by atoms with Crippen LogP contribution < -0.4 is 5.73 Å². The maximum absolute atomic E-state index is 13.7. The quantitative estimate of drug-likeness (QED) is 0.480. The van der Waals surface area contributed by atoms with Crippen molar-refractivity contribution in [2.24, 2.45) is 5.73 Å². The first-order valence-corrected chi connectivity index (χ1v) is 5.52. The van der Waals surface area contributed by atoms with E-state index < -0.39 is 45.9 Å². The second kappa shape index (κ2) is 6.24. The predicted octanol–water partition coefficient (Wildman–Crippen LogP) is 1.34. The number of carbonyl (C=O) groups excluding carboxylic acids is 1. The van der Waals surface area contributed by atoms with Gasteiger partial charge in [0, 0.05) is 5.56 Å². The van der Waals surface area contributed by atoms with Gasteiger partial charge in [0.25, 0.3) is 0 Å². The molecule has 0 aromatic heterocycles. The van der Waals surface area contributed by atoms with Crippen molar-refractivity contribution in [3.05, 3.63) is 33.6 Å². The second-order valence-electron chi connectivity index (χ2n) is 3.80. The molecule has 0 amide bonds. The van der Waals surface area contributed by atoms with E-state index in [0.29, 0.717) is 12.1 Å². The number of esters is 1. The lowest BCUT2D eigenvalue weighted by molar-refractivity contribution is -0.386. The molecule has 0 fully saturated rings. The molecule has 3 N–H and O–H groups in total. The third-order valence-electron chi connectivity index (χ3n) is 2.47. The van der Waals surface area contributed by atoms with Crippen LogP contribution in [0.5, 0.6) is 5.75 Å². The van der Waals surface area contributed by atoms with Gasteiger partial charge < -0.3 is 15.6 Å². The van der Waals surface area contributed by atoms with Gasteiger partial charge in [-0.25, -0.2) is 13.6 Å². The fourth-order valence-electron chi connectivity index (χ4n) is 1.52. The Morgan fingerprint density at radius 1 is 1.60 bits per heavy atom. The summed E-state index contributed by atoms with van der Waals surface area (Å²) in [5, 5.41) is 20.2. The summed E-state index contributed by atoms with van der Waals surface area (Å²) in [4.78, 5) is 20.7. The monoisotopic (exact) mass is 290 g/mol. The summed E-state index contributed by atoms with van der Waals surface area (Å²) in [6.07, 6.45) is -2.39. The Morgan fingerprint density at radius 2 is 2.20 bits per heavy atom. The van der Waals surface area contributed by atoms with Gasteiger partial charge in [0.2, 0.25) is 6.17 Å². The van der Waals surface area contributed by atoms with Crippen LogP contribution in [0.2, 0.25) is 0 Å². The molecule has 0 saturated carbocycles. The SMILES string of the molecule is CCOC(=O)C(F)[C@H](N)c1cc(F)cc([N+](=O)[O-])c1O. The smallest absolute Gasteiger partial charge is 0.342 e. The number of benzene rings is 1. The minimum absolute atomic E-state index is 0.0960. The van der Waals surface area contributed by atoms with Crippen molar-refractivity contribution in [3.8, 4) is 5.75 Å². The van der Waals surface area contributed by atoms with Crippen LogP contribution in [0, 0.1) is 15.9 Å². The normalized spacial score (nSPS) is 13.6.